The van der Waals surface area contributed by atoms with Crippen LogP contribution in [-0.4, -0.2) is 49.6 Å². The van der Waals surface area contributed by atoms with E-state index >= 15 is 0 Å². The number of methoxy groups -OCH3 is 1. The molecule has 28 heavy (non-hydrogen) atoms. The van der Waals surface area contributed by atoms with Crippen LogP contribution in [0.3, 0.4) is 0 Å². The average molecular weight is 405 g/mol. The summed E-state index contributed by atoms with van der Waals surface area (Å²) in [5.41, 5.74) is 2.08. The molecule has 2 heterocycles. The maximum atomic E-state index is 13.5. The topological polar surface area (TPSA) is 49.9 Å². The molecule has 0 radical (unpaired) electrons. The molecule has 1 aromatic carbocycles. The Hall–Kier alpha value is -1.59. The highest BCUT2D eigenvalue weighted by molar-refractivity contribution is 6.30. The van der Waals surface area contributed by atoms with Gasteiger partial charge in [-0.25, -0.2) is 0 Å². The standard InChI is InChI=1S/C22H29ClN2O3/c1-15(26)24-10-8-22(9-11-24)14-25(20-7-6-17(23)13-19(20)22)21(27)16-4-3-5-18(12-16)28-2/h6-7,13,16,18H,3-5,8-12,14H2,1-2H3/t16-,18+/m1/s1. The van der Waals surface area contributed by atoms with Gasteiger partial charge < -0.3 is 14.5 Å². The minimum Gasteiger partial charge on any atom is -0.381 e. The van der Waals surface area contributed by atoms with Crippen LogP contribution in [0.5, 0.6) is 0 Å². The number of fused-ring (bicyclic) bond motifs is 2. The fraction of sp³-hybridized carbons (Fsp3) is 0.636. The molecule has 0 unspecified atom stereocenters. The second-order valence-corrected chi connectivity index (χ2v) is 9.03. The number of halogens is 1. The highest BCUT2D eigenvalue weighted by Crippen LogP contribution is 2.48. The van der Waals surface area contributed by atoms with Crippen molar-refractivity contribution in [2.45, 2.75) is 57.0 Å². The minimum absolute atomic E-state index is 0.0229. The maximum absolute atomic E-state index is 13.5. The Morgan fingerprint density at radius 3 is 2.64 bits per heavy atom. The number of amides is 2. The predicted octanol–water partition coefficient (Wildman–Crippen LogP) is 3.77. The summed E-state index contributed by atoms with van der Waals surface area (Å²) in [5, 5.41) is 0.707. The quantitative estimate of drug-likeness (QED) is 0.753. The van der Waals surface area contributed by atoms with E-state index in [0.29, 0.717) is 11.6 Å². The molecule has 6 heteroatoms. The Balaban J connectivity index is 1.61. The Kier molecular flexibility index (Phi) is 5.41. The van der Waals surface area contributed by atoms with Crippen molar-refractivity contribution in [1.29, 1.82) is 0 Å². The van der Waals surface area contributed by atoms with Crippen LogP contribution in [0.1, 0.15) is 51.0 Å². The number of anilines is 1. The fourth-order valence-corrected chi connectivity index (χ4v) is 5.49. The SMILES string of the molecule is CO[C@H]1CCC[C@@H](C(=O)N2CC3(CCN(C(C)=O)CC3)c3cc(Cl)ccc32)C1. The average Bonchev–Trinajstić information content (AvgIpc) is 3.01. The van der Waals surface area contributed by atoms with E-state index in [2.05, 4.69) is 0 Å². The van der Waals surface area contributed by atoms with E-state index in [4.69, 9.17) is 16.3 Å². The molecule has 1 saturated carbocycles. The third-order valence-electron chi connectivity index (χ3n) is 7.02. The van der Waals surface area contributed by atoms with E-state index < -0.39 is 0 Å². The number of ether oxygens (including phenoxy) is 1. The molecule has 2 atom stereocenters. The predicted molar refractivity (Wildman–Crippen MR) is 110 cm³/mol. The summed E-state index contributed by atoms with van der Waals surface area (Å²) in [5.74, 6) is 0.366. The number of carbonyl (C=O) groups excluding carboxylic acids is 2. The van der Waals surface area contributed by atoms with Gasteiger partial charge in [-0.3, -0.25) is 9.59 Å². The van der Waals surface area contributed by atoms with Crippen LogP contribution in [0.15, 0.2) is 18.2 Å². The highest BCUT2D eigenvalue weighted by Gasteiger charge is 2.47. The molecule has 4 rings (SSSR count). The lowest BCUT2D eigenvalue weighted by Gasteiger charge is -2.40. The molecule has 5 nitrogen and oxygen atoms in total. The summed E-state index contributed by atoms with van der Waals surface area (Å²) >= 11 is 6.33. The Labute approximate surface area is 172 Å². The first-order valence-corrected chi connectivity index (χ1v) is 10.7. The molecule has 0 N–H and O–H groups in total. The van der Waals surface area contributed by atoms with E-state index in [1.54, 1.807) is 14.0 Å². The molecule has 1 aliphatic carbocycles. The van der Waals surface area contributed by atoms with Gasteiger partial charge >= 0.3 is 0 Å². The van der Waals surface area contributed by atoms with Crippen LogP contribution in [0.4, 0.5) is 5.69 Å². The van der Waals surface area contributed by atoms with Crippen LogP contribution >= 0.6 is 11.6 Å². The molecule has 1 saturated heterocycles. The number of hydrogen-bond acceptors (Lipinski definition) is 3. The zero-order chi connectivity index (χ0) is 19.9. The molecule has 1 aromatic rings. The summed E-state index contributed by atoms with van der Waals surface area (Å²) in [6, 6.07) is 5.91. The fourth-order valence-electron chi connectivity index (χ4n) is 5.32. The van der Waals surface area contributed by atoms with Crippen molar-refractivity contribution >= 4 is 29.1 Å². The largest absolute Gasteiger partial charge is 0.381 e. The van der Waals surface area contributed by atoms with Crippen molar-refractivity contribution in [2.75, 3.05) is 31.6 Å². The summed E-state index contributed by atoms with van der Waals surface area (Å²) in [7, 11) is 1.74. The summed E-state index contributed by atoms with van der Waals surface area (Å²) in [4.78, 5) is 29.2. The molecule has 1 spiro atoms. The van der Waals surface area contributed by atoms with Gasteiger partial charge in [0.05, 0.1) is 6.10 Å². The van der Waals surface area contributed by atoms with Crippen molar-refractivity contribution < 1.29 is 14.3 Å². The van der Waals surface area contributed by atoms with Crippen molar-refractivity contribution in [1.82, 2.24) is 4.90 Å². The van der Waals surface area contributed by atoms with Crippen LogP contribution in [0, 0.1) is 5.92 Å². The van der Waals surface area contributed by atoms with E-state index in [0.717, 1.165) is 57.3 Å². The molecule has 0 aromatic heterocycles. The third-order valence-corrected chi connectivity index (χ3v) is 7.26. The van der Waals surface area contributed by atoms with Gasteiger partial charge in [0.2, 0.25) is 11.8 Å². The number of nitrogens with zero attached hydrogens (tertiary/aromatic N) is 2. The van der Waals surface area contributed by atoms with E-state index in [-0.39, 0.29) is 29.3 Å². The molecular formula is C22H29ClN2O3. The molecule has 152 valence electrons. The van der Waals surface area contributed by atoms with Gasteiger partial charge in [-0.1, -0.05) is 18.0 Å². The number of piperidine rings is 1. The first kappa shape index (κ1) is 19.7. The number of benzene rings is 1. The molecular weight excluding hydrogens is 376 g/mol. The number of carbonyl (C=O) groups is 2. The second kappa shape index (κ2) is 7.68. The maximum Gasteiger partial charge on any atom is 0.230 e. The Bertz CT molecular complexity index is 773. The van der Waals surface area contributed by atoms with Crippen LogP contribution in [0.25, 0.3) is 0 Å². The molecule has 0 bridgehead atoms. The van der Waals surface area contributed by atoms with Gasteiger partial charge in [0.25, 0.3) is 0 Å². The summed E-state index contributed by atoms with van der Waals surface area (Å²) in [6.45, 7) is 3.79. The van der Waals surface area contributed by atoms with E-state index in [1.807, 2.05) is 28.0 Å². The smallest absolute Gasteiger partial charge is 0.230 e. The Morgan fingerprint density at radius 2 is 1.96 bits per heavy atom. The van der Waals surface area contributed by atoms with Crippen LogP contribution < -0.4 is 4.90 Å². The second-order valence-electron chi connectivity index (χ2n) is 8.59. The highest BCUT2D eigenvalue weighted by atomic mass is 35.5. The van der Waals surface area contributed by atoms with Crippen LogP contribution in [0.2, 0.25) is 5.02 Å². The molecule has 2 amide bonds. The summed E-state index contributed by atoms with van der Waals surface area (Å²) < 4.78 is 5.54. The number of rotatable bonds is 2. The zero-order valence-corrected chi connectivity index (χ0v) is 17.5. The summed E-state index contributed by atoms with van der Waals surface area (Å²) in [6.07, 6.45) is 5.74. The van der Waals surface area contributed by atoms with Gasteiger partial charge in [-0.15, -0.1) is 0 Å². The zero-order valence-electron chi connectivity index (χ0n) is 16.7. The Morgan fingerprint density at radius 1 is 1.21 bits per heavy atom. The normalized spacial score (nSPS) is 26.4. The monoisotopic (exact) mass is 404 g/mol. The number of likely N-dealkylation sites (tertiary alicyclic amines) is 1. The lowest BCUT2D eigenvalue weighted by molar-refractivity contribution is -0.130. The van der Waals surface area contributed by atoms with Crippen LogP contribution in [-0.2, 0) is 19.7 Å². The van der Waals surface area contributed by atoms with Gasteiger partial charge in [0.15, 0.2) is 0 Å². The van der Waals surface area contributed by atoms with Crippen molar-refractivity contribution in [2.24, 2.45) is 5.92 Å². The van der Waals surface area contributed by atoms with E-state index in [9.17, 15) is 9.59 Å². The van der Waals surface area contributed by atoms with Crippen molar-refractivity contribution in [3.8, 4) is 0 Å². The van der Waals surface area contributed by atoms with Gasteiger partial charge in [-0.2, -0.15) is 0 Å². The molecule has 2 fully saturated rings. The molecule has 3 aliphatic rings. The van der Waals surface area contributed by atoms with Gasteiger partial charge in [0, 0.05) is 55.7 Å². The minimum atomic E-state index is -0.100. The first-order chi connectivity index (χ1) is 13.4. The molecule has 2 aliphatic heterocycles. The van der Waals surface area contributed by atoms with Gasteiger partial charge in [-0.05, 0) is 55.9 Å². The van der Waals surface area contributed by atoms with Crippen molar-refractivity contribution in [3.63, 3.8) is 0 Å². The number of hydrogen-bond donors (Lipinski definition) is 0. The first-order valence-electron chi connectivity index (χ1n) is 10.3. The van der Waals surface area contributed by atoms with Crippen molar-refractivity contribution in [3.05, 3.63) is 28.8 Å². The third kappa shape index (κ3) is 3.43. The van der Waals surface area contributed by atoms with Gasteiger partial charge in [0.1, 0.15) is 0 Å². The van der Waals surface area contributed by atoms with E-state index in [1.165, 1.54) is 5.56 Å². The lowest BCUT2D eigenvalue weighted by Crippen LogP contribution is -2.48. The lowest BCUT2D eigenvalue weighted by atomic mass is 9.74.